The summed E-state index contributed by atoms with van der Waals surface area (Å²) in [6.45, 7) is 12.9. The average molecular weight is 533 g/mol. The Morgan fingerprint density at radius 2 is 2.03 bits per heavy atom. The number of benzene rings is 2. The van der Waals surface area contributed by atoms with E-state index in [-0.39, 0.29) is 17.9 Å². The highest BCUT2D eigenvalue weighted by molar-refractivity contribution is 5.83. The van der Waals surface area contributed by atoms with Gasteiger partial charge in [0.05, 0.1) is 17.4 Å². The lowest BCUT2D eigenvalue weighted by molar-refractivity contribution is 0.331. The molecule has 2 aliphatic heterocycles. The molecule has 2 fully saturated rings. The molecule has 0 spiro atoms. The first-order valence-corrected chi connectivity index (χ1v) is 13.4. The molecule has 9 heteroatoms. The van der Waals surface area contributed by atoms with Crippen molar-refractivity contribution < 1.29 is 4.39 Å². The molecule has 208 valence electrons. The zero-order valence-corrected chi connectivity index (χ0v) is 22.7. The van der Waals surface area contributed by atoms with Gasteiger partial charge >= 0.3 is 0 Å². The number of nitrogens with one attached hydrogen (secondary N) is 3. The van der Waals surface area contributed by atoms with Crippen LogP contribution in [0.5, 0.6) is 0 Å². The van der Waals surface area contributed by atoms with Crippen LogP contribution in [-0.4, -0.2) is 24.5 Å². The largest absolute Gasteiger partial charge is 0.403 e. The van der Waals surface area contributed by atoms with Crippen LogP contribution in [0.15, 0.2) is 85.6 Å². The zero-order chi connectivity index (χ0) is 28.1. The minimum absolute atomic E-state index is 0.124. The first-order chi connectivity index (χ1) is 18.8. The van der Waals surface area contributed by atoms with Crippen LogP contribution in [0.3, 0.4) is 0 Å². The Morgan fingerprint density at radius 1 is 1.26 bits per heavy atom. The Balaban J connectivity index is 0.000000386. The van der Waals surface area contributed by atoms with Gasteiger partial charge in [-0.15, -0.1) is 6.58 Å². The Kier molecular flexibility index (Phi) is 8.96. The summed E-state index contributed by atoms with van der Waals surface area (Å²) in [6.07, 6.45) is 8.21. The standard InChI is InChI=1S/C25H30FN5.C5H11N3/c1-15(22-8-5-13-30(22)3)28-24(18-11-12-19(17-9-10-17)21(26)14-18)20-6-4-7-23-25(20)29-16(2)31(23)27;1-2-3-5(4-6)8-7/h4,6-7,11-12,14,17,22,24,28-29H,1-2,5,8-10,13,27H2,3H3;2,4,8H,1,3,6-7H2/b;5-4-. The third-order valence-corrected chi connectivity index (χ3v) is 7.58. The highest BCUT2D eigenvalue weighted by Crippen LogP contribution is 2.44. The Labute approximate surface area is 231 Å². The smallest absolute Gasteiger partial charge is 0.127 e. The van der Waals surface area contributed by atoms with Crippen LogP contribution in [0.1, 0.15) is 60.8 Å². The highest BCUT2D eigenvalue weighted by atomic mass is 19.1. The van der Waals surface area contributed by atoms with Crippen molar-refractivity contribution in [2.75, 3.05) is 23.9 Å². The molecule has 8 nitrogen and oxygen atoms in total. The van der Waals surface area contributed by atoms with Crippen LogP contribution in [0.4, 0.5) is 15.8 Å². The highest BCUT2D eigenvalue weighted by Gasteiger charge is 2.31. The molecule has 0 bridgehead atoms. The van der Waals surface area contributed by atoms with Gasteiger partial charge in [-0.05, 0) is 68.5 Å². The molecule has 5 rings (SSSR count). The normalized spacial score (nSPS) is 19.5. The Morgan fingerprint density at radius 3 is 2.59 bits per heavy atom. The van der Waals surface area contributed by atoms with Gasteiger partial charge in [-0.2, -0.15) is 0 Å². The van der Waals surface area contributed by atoms with Gasteiger partial charge < -0.3 is 21.8 Å². The second kappa shape index (κ2) is 12.4. The van der Waals surface area contributed by atoms with E-state index < -0.39 is 0 Å². The lowest BCUT2D eigenvalue weighted by Gasteiger charge is -2.29. The summed E-state index contributed by atoms with van der Waals surface area (Å²) >= 11 is 0. The van der Waals surface area contributed by atoms with Gasteiger partial charge in [0, 0.05) is 35.6 Å². The third kappa shape index (κ3) is 6.27. The summed E-state index contributed by atoms with van der Waals surface area (Å²) in [5.74, 6) is 12.1. The predicted molar refractivity (Wildman–Crippen MR) is 158 cm³/mol. The van der Waals surface area contributed by atoms with Gasteiger partial charge in [-0.1, -0.05) is 43.5 Å². The maximum absolute atomic E-state index is 15.0. The quantitative estimate of drug-likeness (QED) is 0.160. The maximum atomic E-state index is 15.0. The Hall–Kier alpha value is -3.79. The predicted octanol–water partition coefficient (Wildman–Crippen LogP) is 4.39. The van der Waals surface area contributed by atoms with Crippen molar-refractivity contribution in [2.45, 2.75) is 50.1 Å². The molecule has 1 aliphatic carbocycles. The first kappa shape index (κ1) is 28.2. The second-order valence-corrected chi connectivity index (χ2v) is 10.3. The third-order valence-electron chi connectivity index (χ3n) is 7.58. The van der Waals surface area contributed by atoms with Crippen LogP contribution >= 0.6 is 0 Å². The lowest BCUT2D eigenvalue weighted by Crippen LogP contribution is -2.35. The molecule has 2 atom stereocenters. The fourth-order valence-corrected chi connectivity index (χ4v) is 5.24. The van der Waals surface area contributed by atoms with E-state index in [1.54, 1.807) is 17.2 Å². The van der Waals surface area contributed by atoms with Crippen molar-refractivity contribution in [1.82, 2.24) is 15.6 Å². The molecule has 2 aromatic carbocycles. The number of likely N-dealkylation sites (N-methyl/N-ethyl adjacent to an activating group) is 1. The molecule has 0 radical (unpaired) electrons. The molecule has 39 heavy (non-hydrogen) atoms. The second-order valence-electron chi connectivity index (χ2n) is 10.3. The average Bonchev–Trinajstić information content (AvgIpc) is 3.61. The number of anilines is 2. The molecule has 0 aromatic heterocycles. The number of rotatable bonds is 9. The fraction of sp³-hybridized carbons (Fsp3) is 0.333. The number of fused-ring (bicyclic) bond motifs is 1. The molecular weight excluding hydrogens is 491 g/mol. The number of para-hydroxylation sites is 1. The number of nitrogens with zero attached hydrogens (tertiary/aromatic N) is 2. The van der Waals surface area contributed by atoms with Gasteiger partial charge in [-0.25, -0.2) is 10.2 Å². The van der Waals surface area contributed by atoms with E-state index in [2.05, 4.69) is 47.7 Å². The summed E-state index contributed by atoms with van der Waals surface area (Å²) in [7, 11) is 2.13. The van der Waals surface area contributed by atoms with Gasteiger partial charge in [0.2, 0.25) is 0 Å². The first-order valence-electron chi connectivity index (χ1n) is 13.4. The van der Waals surface area contributed by atoms with Crippen molar-refractivity contribution in [2.24, 2.45) is 17.4 Å². The van der Waals surface area contributed by atoms with Gasteiger partial charge in [-0.3, -0.25) is 15.8 Å². The van der Waals surface area contributed by atoms with E-state index in [0.29, 0.717) is 18.2 Å². The molecule has 1 saturated carbocycles. The van der Waals surface area contributed by atoms with Crippen LogP contribution < -0.4 is 38.5 Å². The number of allylic oxidation sites excluding steroid dienone is 1. The van der Waals surface area contributed by atoms with Crippen molar-refractivity contribution >= 4 is 11.4 Å². The van der Waals surface area contributed by atoms with Crippen molar-refractivity contribution in [3.8, 4) is 0 Å². The molecule has 9 N–H and O–H groups in total. The van der Waals surface area contributed by atoms with Crippen molar-refractivity contribution in [3.63, 3.8) is 0 Å². The topological polar surface area (TPSA) is 121 Å². The number of hydrazine groups is 2. The van der Waals surface area contributed by atoms with E-state index in [4.69, 9.17) is 17.4 Å². The van der Waals surface area contributed by atoms with Crippen molar-refractivity contribution in [1.29, 1.82) is 0 Å². The molecule has 1 saturated heterocycles. The molecule has 2 unspecified atom stereocenters. The summed E-state index contributed by atoms with van der Waals surface area (Å²) < 4.78 is 15.0. The minimum Gasteiger partial charge on any atom is -0.403 e. The number of nitrogens with two attached hydrogens (primary N) is 3. The van der Waals surface area contributed by atoms with E-state index in [1.165, 1.54) is 6.20 Å². The summed E-state index contributed by atoms with van der Waals surface area (Å²) in [6, 6.07) is 11.7. The summed E-state index contributed by atoms with van der Waals surface area (Å²) in [5.41, 5.74) is 13.7. The van der Waals surface area contributed by atoms with E-state index in [9.17, 15) is 4.39 Å². The van der Waals surface area contributed by atoms with E-state index >= 15 is 0 Å². The minimum atomic E-state index is -0.258. The molecule has 2 aromatic rings. The monoisotopic (exact) mass is 532 g/mol. The maximum Gasteiger partial charge on any atom is 0.127 e. The van der Waals surface area contributed by atoms with E-state index in [0.717, 1.165) is 71.7 Å². The zero-order valence-electron chi connectivity index (χ0n) is 22.7. The number of likely N-dealkylation sites (tertiary alicyclic amines) is 1. The number of hydrogen-bond donors (Lipinski definition) is 6. The number of hydrogen-bond acceptors (Lipinski definition) is 8. The van der Waals surface area contributed by atoms with Crippen LogP contribution in [-0.2, 0) is 0 Å². The molecule has 0 amide bonds. The van der Waals surface area contributed by atoms with E-state index in [1.807, 2.05) is 30.3 Å². The van der Waals surface area contributed by atoms with Gasteiger partial charge in [0.1, 0.15) is 11.6 Å². The molecular formula is C30H41FN8. The lowest BCUT2D eigenvalue weighted by atomic mass is 9.94. The van der Waals surface area contributed by atoms with Crippen LogP contribution in [0, 0.1) is 5.82 Å². The molecule has 3 aliphatic rings. The SMILES string of the molecule is C=C(NC(c1ccc(C2CC2)c(F)c1)c1cccc2c1NC(=C)N2N)C1CCCN1C.C=CC/C(=C/N)NN. The molecule has 2 heterocycles. The summed E-state index contributed by atoms with van der Waals surface area (Å²) in [5, 5.41) is 8.49. The van der Waals surface area contributed by atoms with Crippen molar-refractivity contribution in [3.05, 3.63) is 108 Å². The summed E-state index contributed by atoms with van der Waals surface area (Å²) in [4.78, 5) is 2.32. The Bertz CT molecular complexity index is 1250. The van der Waals surface area contributed by atoms with Crippen LogP contribution in [0.2, 0.25) is 0 Å². The van der Waals surface area contributed by atoms with Gasteiger partial charge in [0.25, 0.3) is 0 Å². The van der Waals surface area contributed by atoms with Gasteiger partial charge in [0.15, 0.2) is 0 Å². The van der Waals surface area contributed by atoms with Crippen LogP contribution in [0.25, 0.3) is 0 Å². The fourth-order valence-electron chi connectivity index (χ4n) is 5.24. The number of halogens is 1.